The molecule has 0 unspecified atom stereocenters. The molecule has 0 aliphatic heterocycles. The summed E-state index contributed by atoms with van der Waals surface area (Å²) in [4.78, 5) is 12.3. The van der Waals surface area contributed by atoms with Crippen LogP contribution >= 0.6 is 27.3 Å². The molecule has 0 aromatic carbocycles. The molecular formula is C10H13BrO2S. The number of carbonyl (C=O) groups is 1. The molecule has 14 heavy (non-hydrogen) atoms. The van der Waals surface area contributed by atoms with Crippen molar-refractivity contribution in [2.75, 3.05) is 0 Å². The average molecular weight is 277 g/mol. The summed E-state index contributed by atoms with van der Waals surface area (Å²) in [5, 5.41) is 1.90. The summed E-state index contributed by atoms with van der Waals surface area (Å²) in [7, 11) is 0. The van der Waals surface area contributed by atoms with Crippen molar-refractivity contribution in [2.24, 2.45) is 0 Å². The quantitative estimate of drug-likeness (QED) is 0.730. The molecule has 78 valence electrons. The molecule has 0 amide bonds. The second kappa shape index (κ2) is 4.03. The summed E-state index contributed by atoms with van der Waals surface area (Å²) in [6.45, 7) is 7.49. The van der Waals surface area contributed by atoms with E-state index in [1.165, 1.54) is 11.3 Å². The Labute approximate surface area is 96.4 Å². The topological polar surface area (TPSA) is 26.3 Å². The molecular weight excluding hydrogens is 264 g/mol. The van der Waals surface area contributed by atoms with Gasteiger partial charge in [0.2, 0.25) is 0 Å². The van der Waals surface area contributed by atoms with Gasteiger partial charge < -0.3 is 4.74 Å². The van der Waals surface area contributed by atoms with Gasteiger partial charge in [-0.15, -0.1) is 11.3 Å². The number of hydrogen-bond donors (Lipinski definition) is 0. The molecule has 0 fully saturated rings. The van der Waals surface area contributed by atoms with Gasteiger partial charge in [-0.2, -0.15) is 0 Å². The molecule has 2 nitrogen and oxygen atoms in total. The first-order valence-corrected chi connectivity index (χ1v) is 5.95. The first kappa shape index (κ1) is 11.7. The number of halogens is 1. The average Bonchev–Trinajstić information content (AvgIpc) is 2.29. The molecule has 0 radical (unpaired) electrons. The van der Waals surface area contributed by atoms with Gasteiger partial charge in [-0.1, -0.05) is 0 Å². The molecule has 0 atom stereocenters. The van der Waals surface area contributed by atoms with Gasteiger partial charge in [0.15, 0.2) is 0 Å². The van der Waals surface area contributed by atoms with Crippen LogP contribution in [0.25, 0.3) is 0 Å². The highest BCUT2D eigenvalue weighted by molar-refractivity contribution is 9.10. The van der Waals surface area contributed by atoms with E-state index >= 15 is 0 Å². The Bertz CT molecular complexity index is 349. The van der Waals surface area contributed by atoms with E-state index < -0.39 is 5.60 Å². The summed E-state index contributed by atoms with van der Waals surface area (Å²) >= 11 is 4.77. The normalized spacial score (nSPS) is 11.5. The van der Waals surface area contributed by atoms with E-state index in [1.807, 2.05) is 33.1 Å². The highest BCUT2D eigenvalue weighted by atomic mass is 79.9. The number of hydrogen-bond acceptors (Lipinski definition) is 3. The standard InChI is InChI=1S/C10H13BrO2S/c1-6-7(11)5-14-8(6)9(12)13-10(2,3)4/h5H,1-4H3. The zero-order valence-corrected chi connectivity index (χ0v) is 11.1. The van der Waals surface area contributed by atoms with Gasteiger partial charge in [-0.3, -0.25) is 0 Å². The minimum Gasteiger partial charge on any atom is -0.456 e. The largest absolute Gasteiger partial charge is 0.456 e. The van der Waals surface area contributed by atoms with Crippen molar-refractivity contribution in [3.63, 3.8) is 0 Å². The van der Waals surface area contributed by atoms with Crippen LogP contribution < -0.4 is 0 Å². The Morgan fingerprint density at radius 2 is 2.07 bits per heavy atom. The highest BCUT2D eigenvalue weighted by Gasteiger charge is 2.21. The van der Waals surface area contributed by atoms with E-state index in [2.05, 4.69) is 15.9 Å². The maximum atomic E-state index is 11.7. The zero-order valence-electron chi connectivity index (χ0n) is 8.68. The van der Waals surface area contributed by atoms with Crippen LogP contribution in [0.2, 0.25) is 0 Å². The van der Waals surface area contributed by atoms with Gasteiger partial charge in [0.05, 0.1) is 0 Å². The van der Waals surface area contributed by atoms with Crippen LogP contribution in [0.4, 0.5) is 0 Å². The second-order valence-corrected chi connectivity index (χ2v) is 5.77. The Kier molecular flexibility index (Phi) is 3.37. The van der Waals surface area contributed by atoms with Crippen molar-refractivity contribution in [1.82, 2.24) is 0 Å². The lowest BCUT2D eigenvalue weighted by molar-refractivity contribution is 0.00745. The number of esters is 1. The van der Waals surface area contributed by atoms with E-state index in [1.54, 1.807) is 0 Å². The Morgan fingerprint density at radius 1 is 1.50 bits per heavy atom. The smallest absolute Gasteiger partial charge is 0.349 e. The number of carbonyl (C=O) groups excluding carboxylic acids is 1. The first-order chi connectivity index (χ1) is 6.31. The molecule has 1 aromatic rings. The van der Waals surface area contributed by atoms with Crippen LogP contribution in [-0.4, -0.2) is 11.6 Å². The van der Waals surface area contributed by atoms with Crippen LogP contribution in [0.5, 0.6) is 0 Å². The lowest BCUT2D eigenvalue weighted by Crippen LogP contribution is -2.23. The fourth-order valence-corrected chi connectivity index (χ4v) is 2.35. The van der Waals surface area contributed by atoms with Crippen molar-refractivity contribution in [2.45, 2.75) is 33.3 Å². The van der Waals surface area contributed by atoms with E-state index in [0.29, 0.717) is 4.88 Å². The predicted molar refractivity (Wildman–Crippen MR) is 61.9 cm³/mol. The third kappa shape index (κ3) is 2.82. The van der Waals surface area contributed by atoms with E-state index in [9.17, 15) is 4.79 Å². The van der Waals surface area contributed by atoms with Gasteiger partial charge >= 0.3 is 5.97 Å². The Morgan fingerprint density at radius 3 is 2.43 bits per heavy atom. The van der Waals surface area contributed by atoms with Gasteiger partial charge in [-0.25, -0.2) is 4.79 Å². The van der Waals surface area contributed by atoms with Crippen molar-refractivity contribution in [1.29, 1.82) is 0 Å². The monoisotopic (exact) mass is 276 g/mol. The SMILES string of the molecule is Cc1c(Br)csc1C(=O)OC(C)(C)C. The molecule has 1 heterocycles. The zero-order chi connectivity index (χ0) is 10.9. The summed E-state index contributed by atoms with van der Waals surface area (Å²) in [6, 6.07) is 0. The van der Waals surface area contributed by atoms with Gasteiger partial charge in [0.25, 0.3) is 0 Å². The van der Waals surface area contributed by atoms with Crippen molar-refractivity contribution in [3.8, 4) is 0 Å². The third-order valence-electron chi connectivity index (χ3n) is 1.56. The lowest BCUT2D eigenvalue weighted by Gasteiger charge is -2.19. The van der Waals surface area contributed by atoms with Crippen LogP contribution in [0, 0.1) is 6.92 Å². The molecule has 0 N–H and O–H groups in total. The maximum Gasteiger partial charge on any atom is 0.349 e. The molecule has 0 saturated heterocycles. The van der Waals surface area contributed by atoms with Gasteiger partial charge in [0, 0.05) is 9.85 Å². The molecule has 0 saturated carbocycles. The highest BCUT2D eigenvalue weighted by Crippen LogP contribution is 2.28. The minimum atomic E-state index is -0.431. The van der Waals surface area contributed by atoms with Crippen LogP contribution in [0.3, 0.4) is 0 Å². The molecule has 0 aliphatic rings. The lowest BCUT2D eigenvalue weighted by atomic mass is 10.2. The summed E-state index contributed by atoms with van der Waals surface area (Å²) in [5.41, 5.74) is 0.518. The van der Waals surface area contributed by atoms with E-state index in [4.69, 9.17) is 4.74 Å². The van der Waals surface area contributed by atoms with Crippen molar-refractivity contribution in [3.05, 3.63) is 20.3 Å². The Hall–Kier alpha value is -0.350. The summed E-state index contributed by atoms with van der Waals surface area (Å²) in [5.74, 6) is -0.245. The predicted octanol–water partition coefficient (Wildman–Crippen LogP) is 3.77. The number of rotatable bonds is 1. The fourth-order valence-electron chi connectivity index (χ4n) is 0.922. The maximum absolute atomic E-state index is 11.7. The van der Waals surface area contributed by atoms with Crippen LogP contribution in [0.1, 0.15) is 36.0 Å². The summed E-state index contributed by atoms with van der Waals surface area (Å²) < 4.78 is 6.23. The van der Waals surface area contributed by atoms with Crippen LogP contribution in [0.15, 0.2) is 9.85 Å². The number of thiophene rings is 1. The molecule has 0 bridgehead atoms. The van der Waals surface area contributed by atoms with Gasteiger partial charge in [0.1, 0.15) is 10.5 Å². The number of ether oxygens (including phenoxy) is 1. The molecule has 0 aliphatic carbocycles. The van der Waals surface area contributed by atoms with E-state index in [-0.39, 0.29) is 5.97 Å². The molecule has 4 heteroatoms. The van der Waals surface area contributed by atoms with Crippen molar-refractivity contribution >= 4 is 33.2 Å². The third-order valence-corrected chi connectivity index (χ3v) is 3.75. The Balaban J connectivity index is 2.86. The molecule has 0 spiro atoms. The fraction of sp³-hybridized carbons (Fsp3) is 0.500. The molecule has 1 rings (SSSR count). The van der Waals surface area contributed by atoms with Gasteiger partial charge in [-0.05, 0) is 49.2 Å². The van der Waals surface area contributed by atoms with E-state index in [0.717, 1.165) is 10.0 Å². The van der Waals surface area contributed by atoms with Crippen molar-refractivity contribution < 1.29 is 9.53 Å². The first-order valence-electron chi connectivity index (χ1n) is 4.28. The second-order valence-electron chi connectivity index (χ2n) is 4.04. The minimum absolute atomic E-state index is 0.245. The molecule has 1 aromatic heterocycles. The van der Waals surface area contributed by atoms with Crippen LogP contribution in [-0.2, 0) is 4.74 Å². The summed E-state index contributed by atoms with van der Waals surface area (Å²) in [6.07, 6.45) is 0.